The van der Waals surface area contributed by atoms with Gasteiger partial charge in [-0.05, 0) is 31.9 Å². The van der Waals surface area contributed by atoms with Crippen molar-refractivity contribution in [1.82, 2.24) is 15.0 Å². The maximum atomic E-state index is 12.7. The van der Waals surface area contributed by atoms with Gasteiger partial charge in [0.05, 0.1) is 19.9 Å². The summed E-state index contributed by atoms with van der Waals surface area (Å²) >= 11 is 0. The molecule has 1 aliphatic heterocycles. The summed E-state index contributed by atoms with van der Waals surface area (Å²) in [6.07, 6.45) is 1.69. The predicted molar refractivity (Wildman–Crippen MR) is 86.3 cm³/mol. The van der Waals surface area contributed by atoms with Crippen LogP contribution in [0.4, 0.5) is 10.5 Å². The van der Waals surface area contributed by atoms with Gasteiger partial charge in [0.25, 0.3) is 0 Å². The maximum absolute atomic E-state index is 12.7. The smallest absolute Gasteiger partial charge is 0.322 e. The summed E-state index contributed by atoms with van der Waals surface area (Å²) in [5.74, 6) is 2.23. The van der Waals surface area contributed by atoms with Crippen molar-refractivity contribution in [3.05, 3.63) is 29.9 Å². The van der Waals surface area contributed by atoms with Gasteiger partial charge < -0.3 is 24.2 Å². The summed E-state index contributed by atoms with van der Waals surface area (Å²) in [5, 5.41) is 6.68. The van der Waals surface area contributed by atoms with Gasteiger partial charge in [0.2, 0.25) is 5.89 Å². The summed E-state index contributed by atoms with van der Waals surface area (Å²) in [5.41, 5.74) is 0.579. The van der Waals surface area contributed by atoms with Crippen LogP contribution in [0.1, 0.15) is 30.6 Å². The summed E-state index contributed by atoms with van der Waals surface area (Å²) in [7, 11) is 3.12. The standard InChI is InChI=1S/C16H20N4O4/c1-10-17-15(24-19-10)13-5-4-8-20(13)16(21)18-12-7-6-11(22-2)9-14(12)23-3/h6-7,9,13H,4-5,8H2,1-3H3,(H,18,21). The Morgan fingerprint density at radius 1 is 1.38 bits per heavy atom. The monoisotopic (exact) mass is 332 g/mol. The zero-order valence-corrected chi connectivity index (χ0v) is 13.9. The Labute approximate surface area is 139 Å². The summed E-state index contributed by atoms with van der Waals surface area (Å²) < 4.78 is 15.7. The molecule has 3 rings (SSSR count). The first-order valence-corrected chi connectivity index (χ1v) is 7.72. The van der Waals surface area contributed by atoms with E-state index in [0.29, 0.717) is 35.4 Å². The van der Waals surface area contributed by atoms with Crippen LogP contribution in [-0.2, 0) is 0 Å². The van der Waals surface area contributed by atoms with Crippen LogP contribution in [0.3, 0.4) is 0 Å². The van der Waals surface area contributed by atoms with Crippen LogP contribution in [-0.4, -0.2) is 41.8 Å². The number of rotatable bonds is 4. The third-order valence-electron chi connectivity index (χ3n) is 3.99. The van der Waals surface area contributed by atoms with Crippen LogP contribution in [0.2, 0.25) is 0 Å². The SMILES string of the molecule is COc1ccc(NC(=O)N2CCCC2c2nc(C)no2)c(OC)c1. The molecule has 8 heteroatoms. The fourth-order valence-electron chi connectivity index (χ4n) is 2.80. The number of hydrogen-bond acceptors (Lipinski definition) is 6. The van der Waals surface area contributed by atoms with Gasteiger partial charge in [-0.25, -0.2) is 4.79 Å². The first-order chi connectivity index (χ1) is 11.6. The van der Waals surface area contributed by atoms with Gasteiger partial charge in [-0.3, -0.25) is 0 Å². The minimum atomic E-state index is -0.225. The van der Waals surface area contributed by atoms with Crippen molar-refractivity contribution in [2.24, 2.45) is 0 Å². The molecule has 1 aromatic carbocycles. The van der Waals surface area contributed by atoms with Gasteiger partial charge in [-0.2, -0.15) is 4.98 Å². The molecule has 1 saturated heterocycles. The molecule has 1 fully saturated rings. The van der Waals surface area contributed by atoms with E-state index in [1.165, 1.54) is 0 Å². The van der Waals surface area contributed by atoms with Crippen LogP contribution in [0.25, 0.3) is 0 Å². The number of amides is 2. The number of urea groups is 1. The zero-order valence-electron chi connectivity index (χ0n) is 13.9. The highest BCUT2D eigenvalue weighted by Crippen LogP contribution is 2.33. The molecule has 2 heterocycles. The normalized spacial score (nSPS) is 17.0. The van der Waals surface area contributed by atoms with Crippen molar-refractivity contribution in [1.29, 1.82) is 0 Å². The van der Waals surface area contributed by atoms with Crippen LogP contribution >= 0.6 is 0 Å². The molecule has 1 unspecified atom stereocenters. The number of nitrogens with one attached hydrogen (secondary N) is 1. The third-order valence-corrected chi connectivity index (χ3v) is 3.99. The number of aromatic nitrogens is 2. The highest BCUT2D eigenvalue weighted by atomic mass is 16.5. The molecule has 0 bridgehead atoms. The molecule has 1 aromatic heterocycles. The van der Waals surface area contributed by atoms with Gasteiger partial charge in [0, 0.05) is 12.6 Å². The fourth-order valence-corrected chi connectivity index (χ4v) is 2.80. The quantitative estimate of drug-likeness (QED) is 0.926. The zero-order chi connectivity index (χ0) is 17.1. The molecular weight excluding hydrogens is 312 g/mol. The number of aryl methyl sites for hydroxylation is 1. The van der Waals surface area contributed by atoms with E-state index in [4.69, 9.17) is 14.0 Å². The van der Waals surface area contributed by atoms with Gasteiger partial charge >= 0.3 is 6.03 Å². The number of methoxy groups -OCH3 is 2. The summed E-state index contributed by atoms with van der Waals surface area (Å²) in [6.45, 7) is 2.39. The van der Waals surface area contributed by atoms with E-state index in [1.54, 1.807) is 44.2 Å². The van der Waals surface area contributed by atoms with E-state index in [1.807, 2.05) is 0 Å². The van der Waals surface area contributed by atoms with Crippen LogP contribution in [0.5, 0.6) is 11.5 Å². The molecule has 24 heavy (non-hydrogen) atoms. The Morgan fingerprint density at radius 3 is 2.88 bits per heavy atom. The van der Waals surface area contributed by atoms with Crippen molar-refractivity contribution in [2.45, 2.75) is 25.8 Å². The molecule has 2 aromatic rings. The molecule has 128 valence electrons. The Hall–Kier alpha value is -2.77. The van der Waals surface area contributed by atoms with Crippen LogP contribution in [0, 0.1) is 6.92 Å². The molecule has 0 radical (unpaired) electrons. The van der Waals surface area contributed by atoms with Gasteiger partial charge in [-0.15, -0.1) is 0 Å². The summed E-state index contributed by atoms with van der Waals surface area (Å²) in [6, 6.07) is 4.81. The first kappa shape index (κ1) is 16.1. The summed E-state index contributed by atoms with van der Waals surface area (Å²) in [4.78, 5) is 18.6. The molecule has 0 saturated carbocycles. The van der Waals surface area contributed by atoms with E-state index in [-0.39, 0.29) is 12.1 Å². The Kier molecular flexibility index (Phi) is 4.54. The minimum Gasteiger partial charge on any atom is -0.497 e. The lowest BCUT2D eigenvalue weighted by Crippen LogP contribution is -2.34. The number of benzene rings is 1. The minimum absolute atomic E-state index is 0.199. The molecule has 2 amide bonds. The lowest BCUT2D eigenvalue weighted by atomic mass is 10.2. The highest BCUT2D eigenvalue weighted by Gasteiger charge is 2.34. The van der Waals surface area contributed by atoms with E-state index < -0.39 is 0 Å². The molecule has 0 aliphatic carbocycles. The van der Waals surface area contributed by atoms with Gasteiger partial charge in [0.15, 0.2) is 5.82 Å². The Balaban J connectivity index is 1.77. The van der Waals surface area contributed by atoms with Crippen LogP contribution < -0.4 is 14.8 Å². The average Bonchev–Trinajstić information content (AvgIpc) is 3.23. The number of ether oxygens (including phenoxy) is 2. The van der Waals surface area contributed by atoms with E-state index in [2.05, 4.69) is 15.5 Å². The average molecular weight is 332 g/mol. The largest absolute Gasteiger partial charge is 0.497 e. The lowest BCUT2D eigenvalue weighted by Gasteiger charge is -2.23. The topological polar surface area (TPSA) is 89.7 Å². The van der Waals surface area contributed by atoms with Crippen LogP contribution in [0.15, 0.2) is 22.7 Å². The van der Waals surface area contributed by atoms with E-state index in [9.17, 15) is 4.79 Å². The molecule has 8 nitrogen and oxygen atoms in total. The van der Waals surface area contributed by atoms with Crippen molar-refractivity contribution in [3.63, 3.8) is 0 Å². The molecule has 1 atom stereocenters. The maximum Gasteiger partial charge on any atom is 0.322 e. The number of carbonyl (C=O) groups is 1. The fraction of sp³-hybridized carbons (Fsp3) is 0.438. The Bertz CT molecular complexity index is 731. The number of nitrogens with zero attached hydrogens (tertiary/aromatic N) is 3. The van der Waals surface area contributed by atoms with Crippen molar-refractivity contribution < 1.29 is 18.8 Å². The van der Waals surface area contributed by atoms with Crippen molar-refractivity contribution in [2.75, 3.05) is 26.1 Å². The predicted octanol–water partition coefficient (Wildman–Crippen LogP) is 2.76. The van der Waals surface area contributed by atoms with Gasteiger partial charge in [0.1, 0.15) is 17.5 Å². The number of carbonyl (C=O) groups excluding carboxylic acids is 1. The van der Waals surface area contributed by atoms with Crippen molar-refractivity contribution >= 4 is 11.7 Å². The van der Waals surface area contributed by atoms with Crippen molar-refractivity contribution in [3.8, 4) is 11.5 Å². The second-order valence-electron chi connectivity index (χ2n) is 5.53. The lowest BCUT2D eigenvalue weighted by molar-refractivity contribution is 0.193. The highest BCUT2D eigenvalue weighted by molar-refractivity contribution is 5.91. The van der Waals surface area contributed by atoms with Gasteiger partial charge in [-0.1, -0.05) is 5.16 Å². The molecule has 1 aliphatic rings. The van der Waals surface area contributed by atoms with E-state index in [0.717, 1.165) is 12.8 Å². The molecular formula is C16H20N4O4. The second kappa shape index (κ2) is 6.77. The van der Waals surface area contributed by atoms with E-state index >= 15 is 0 Å². The molecule has 0 spiro atoms. The third kappa shape index (κ3) is 3.12. The molecule has 1 N–H and O–H groups in total. The Morgan fingerprint density at radius 2 is 2.21 bits per heavy atom. The number of anilines is 1. The number of likely N-dealkylation sites (tertiary alicyclic amines) is 1. The number of hydrogen-bond donors (Lipinski definition) is 1. The first-order valence-electron chi connectivity index (χ1n) is 7.72. The second-order valence-corrected chi connectivity index (χ2v) is 5.53.